The van der Waals surface area contributed by atoms with Crippen LogP contribution in [0.3, 0.4) is 0 Å². The molecule has 4 heterocycles. The first-order valence-electron chi connectivity index (χ1n) is 8.68. The van der Waals surface area contributed by atoms with E-state index in [1.165, 1.54) is 12.4 Å². The molecule has 2 N–H and O–H groups in total. The van der Waals surface area contributed by atoms with Crippen LogP contribution in [0.4, 0.5) is 4.39 Å². The largest absolute Gasteiger partial charge is 0.366 e. The molecule has 0 saturated carbocycles. The number of halogens is 1. The van der Waals surface area contributed by atoms with Crippen molar-refractivity contribution >= 4 is 22.8 Å². The van der Waals surface area contributed by atoms with Crippen LogP contribution in [-0.2, 0) is 0 Å². The van der Waals surface area contributed by atoms with E-state index in [4.69, 9.17) is 5.73 Å². The molecule has 0 aromatic carbocycles. The number of amides is 2. The van der Waals surface area contributed by atoms with Gasteiger partial charge < -0.3 is 10.6 Å². The van der Waals surface area contributed by atoms with Crippen LogP contribution in [0.5, 0.6) is 0 Å². The zero-order valence-corrected chi connectivity index (χ0v) is 14.5. The lowest BCUT2D eigenvalue weighted by Crippen LogP contribution is -2.39. The van der Waals surface area contributed by atoms with E-state index in [1.807, 2.05) is 6.07 Å². The average molecular weight is 367 g/mol. The van der Waals surface area contributed by atoms with E-state index < -0.39 is 12.1 Å². The fraction of sp³-hybridized carbons (Fsp3) is 0.263. The Morgan fingerprint density at radius 3 is 2.63 bits per heavy atom. The molecule has 1 aliphatic heterocycles. The summed E-state index contributed by atoms with van der Waals surface area (Å²) in [5, 5.41) is 0.783. The van der Waals surface area contributed by atoms with Crippen LogP contribution in [0.25, 0.3) is 16.7 Å². The van der Waals surface area contributed by atoms with Crippen LogP contribution >= 0.6 is 0 Å². The number of primary amides is 1. The van der Waals surface area contributed by atoms with Crippen LogP contribution in [0.1, 0.15) is 33.6 Å². The van der Waals surface area contributed by atoms with E-state index in [9.17, 15) is 14.0 Å². The summed E-state index contributed by atoms with van der Waals surface area (Å²) in [6.07, 6.45) is 6.25. The van der Waals surface area contributed by atoms with Crippen molar-refractivity contribution < 1.29 is 14.0 Å². The van der Waals surface area contributed by atoms with Crippen LogP contribution in [-0.4, -0.2) is 50.5 Å². The van der Waals surface area contributed by atoms with E-state index in [0.717, 1.165) is 5.39 Å². The van der Waals surface area contributed by atoms with Gasteiger partial charge >= 0.3 is 0 Å². The molecule has 1 aliphatic rings. The maximum atomic E-state index is 13.3. The number of pyridine rings is 2. The average Bonchev–Trinajstić information content (AvgIpc) is 3.11. The Kier molecular flexibility index (Phi) is 4.31. The SMILES string of the molecule is NC(=O)c1cncc(-n2ccc3cc(C(=O)N4CCC(F)CC4)cnc32)c1. The number of hydrogen-bond donors (Lipinski definition) is 1. The van der Waals surface area contributed by atoms with Gasteiger partial charge in [0.05, 0.1) is 23.0 Å². The fourth-order valence-electron chi connectivity index (χ4n) is 3.28. The van der Waals surface area contributed by atoms with Gasteiger partial charge in [-0.05, 0) is 31.0 Å². The lowest BCUT2D eigenvalue weighted by atomic mass is 10.1. The molecular weight excluding hydrogens is 349 g/mol. The summed E-state index contributed by atoms with van der Waals surface area (Å²) >= 11 is 0. The number of hydrogen-bond acceptors (Lipinski definition) is 4. The lowest BCUT2D eigenvalue weighted by molar-refractivity contribution is 0.0666. The molecule has 0 radical (unpaired) electrons. The van der Waals surface area contributed by atoms with Crippen molar-refractivity contribution in [3.05, 3.63) is 54.1 Å². The third-order valence-electron chi connectivity index (χ3n) is 4.77. The van der Waals surface area contributed by atoms with E-state index >= 15 is 0 Å². The van der Waals surface area contributed by atoms with Crippen molar-refractivity contribution in [3.8, 4) is 5.69 Å². The second-order valence-corrected chi connectivity index (χ2v) is 6.59. The summed E-state index contributed by atoms with van der Waals surface area (Å²) in [5.41, 5.74) is 7.38. The van der Waals surface area contributed by atoms with E-state index in [1.54, 1.807) is 34.0 Å². The van der Waals surface area contributed by atoms with Gasteiger partial charge in [-0.2, -0.15) is 0 Å². The van der Waals surface area contributed by atoms with Gasteiger partial charge in [0, 0.05) is 37.1 Å². The molecular formula is C19H18FN5O2. The summed E-state index contributed by atoms with van der Waals surface area (Å²) < 4.78 is 15.1. The van der Waals surface area contributed by atoms with E-state index in [0.29, 0.717) is 48.4 Å². The maximum absolute atomic E-state index is 13.3. The number of likely N-dealkylation sites (tertiary alicyclic amines) is 1. The van der Waals surface area contributed by atoms with Gasteiger partial charge in [-0.3, -0.25) is 19.1 Å². The van der Waals surface area contributed by atoms with Crippen LogP contribution in [0.15, 0.2) is 43.0 Å². The number of alkyl halides is 1. The number of carbonyl (C=O) groups is 2. The summed E-state index contributed by atoms with van der Waals surface area (Å²) in [4.78, 5) is 34.1. The first kappa shape index (κ1) is 17.1. The van der Waals surface area contributed by atoms with Gasteiger partial charge in [-0.15, -0.1) is 0 Å². The van der Waals surface area contributed by atoms with E-state index in [-0.39, 0.29) is 5.91 Å². The molecule has 27 heavy (non-hydrogen) atoms. The molecule has 1 saturated heterocycles. The highest BCUT2D eigenvalue weighted by atomic mass is 19.1. The molecule has 0 atom stereocenters. The Labute approximate surface area is 154 Å². The minimum Gasteiger partial charge on any atom is -0.366 e. The number of nitrogens with zero attached hydrogens (tertiary/aromatic N) is 4. The Hall–Kier alpha value is -3.29. The molecule has 138 valence electrons. The Morgan fingerprint density at radius 1 is 1.11 bits per heavy atom. The summed E-state index contributed by atoms with van der Waals surface area (Å²) in [6, 6.07) is 5.24. The molecule has 7 nitrogen and oxygen atoms in total. The zero-order chi connectivity index (χ0) is 19.0. The van der Waals surface area contributed by atoms with Gasteiger partial charge in [0.15, 0.2) is 0 Å². The van der Waals surface area contributed by atoms with Gasteiger partial charge in [-0.1, -0.05) is 0 Å². The minimum absolute atomic E-state index is 0.138. The standard InChI is InChI=1S/C19H18FN5O2/c20-15-2-4-24(5-3-15)19(27)14-7-12-1-6-25(18(12)23-10-14)16-8-13(17(21)26)9-22-11-16/h1,6-11,15H,2-5H2,(H2,21,26). The zero-order valence-electron chi connectivity index (χ0n) is 14.5. The first-order chi connectivity index (χ1) is 13.0. The van der Waals surface area contributed by atoms with E-state index in [2.05, 4.69) is 9.97 Å². The Morgan fingerprint density at radius 2 is 1.89 bits per heavy atom. The van der Waals surface area contributed by atoms with Gasteiger partial charge in [0.2, 0.25) is 5.91 Å². The minimum atomic E-state index is -0.825. The summed E-state index contributed by atoms with van der Waals surface area (Å²) in [5.74, 6) is -0.694. The normalized spacial score (nSPS) is 15.2. The van der Waals surface area contributed by atoms with Crippen LogP contribution in [0.2, 0.25) is 0 Å². The molecule has 3 aromatic rings. The second-order valence-electron chi connectivity index (χ2n) is 6.59. The second kappa shape index (κ2) is 6.79. The monoisotopic (exact) mass is 367 g/mol. The molecule has 3 aromatic heterocycles. The fourth-order valence-corrected chi connectivity index (χ4v) is 3.28. The molecule has 0 bridgehead atoms. The van der Waals surface area contributed by atoms with Gasteiger partial charge in [0.1, 0.15) is 11.8 Å². The first-order valence-corrected chi connectivity index (χ1v) is 8.68. The predicted molar refractivity (Wildman–Crippen MR) is 97.4 cm³/mol. The Balaban J connectivity index is 1.65. The lowest BCUT2D eigenvalue weighted by Gasteiger charge is -2.28. The Bertz CT molecular complexity index is 1020. The number of nitrogens with two attached hydrogens (primary N) is 1. The van der Waals surface area contributed by atoms with Crippen molar-refractivity contribution in [2.24, 2.45) is 5.73 Å². The molecule has 0 unspecified atom stereocenters. The predicted octanol–water partition coefficient (Wildman–Crippen LogP) is 2.09. The molecule has 0 aliphatic carbocycles. The third-order valence-corrected chi connectivity index (χ3v) is 4.77. The smallest absolute Gasteiger partial charge is 0.255 e. The highest BCUT2D eigenvalue weighted by Gasteiger charge is 2.23. The van der Waals surface area contributed by atoms with Crippen molar-refractivity contribution in [2.75, 3.05) is 13.1 Å². The van der Waals surface area contributed by atoms with Gasteiger partial charge in [0.25, 0.3) is 5.91 Å². The number of rotatable bonds is 3. The highest BCUT2D eigenvalue weighted by molar-refractivity contribution is 5.97. The van der Waals surface area contributed by atoms with Crippen LogP contribution < -0.4 is 5.73 Å². The van der Waals surface area contributed by atoms with Crippen molar-refractivity contribution in [3.63, 3.8) is 0 Å². The third kappa shape index (κ3) is 3.25. The molecule has 2 amide bonds. The quantitative estimate of drug-likeness (QED) is 0.767. The molecule has 4 rings (SSSR count). The maximum Gasteiger partial charge on any atom is 0.255 e. The van der Waals surface area contributed by atoms with Crippen molar-refractivity contribution in [1.82, 2.24) is 19.4 Å². The molecule has 1 fully saturated rings. The highest BCUT2D eigenvalue weighted by Crippen LogP contribution is 2.22. The number of aromatic nitrogens is 3. The number of piperidine rings is 1. The van der Waals surface area contributed by atoms with Crippen molar-refractivity contribution in [1.29, 1.82) is 0 Å². The van der Waals surface area contributed by atoms with Crippen molar-refractivity contribution in [2.45, 2.75) is 19.0 Å². The topological polar surface area (TPSA) is 94.1 Å². The number of carbonyl (C=O) groups excluding carboxylic acids is 2. The van der Waals surface area contributed by atoms with Crippen LogP contribution in [0, 0.1) is 0 Å². The molecule has 8 heteroatoms. The van der Waals surface area contributed by atoms with Gasteiger partial charge in [-0.25, -0.2) is 9.37 Å². The summed E-state index contributed by atoms with van der Waals surface area (Å²) in [6.45, 7) is 0.843. The summed E-state index contributed by atoms with van der Waals surface area (Å²) in [7, 11) is 0. The molecule has 0 spiro atoms. The number of fused-ring (bicyclic) bond motifs is 1.